The Kier molecular flexibility index (Phi) is 5.38. The molecule has 0 saturated heterocycles. The Morgan fingerprint density at radius 3 is 2.56 bits per heavy atom. The predicted molar refractivity (Wildman–Crippen MR) is 138 cm³/mol. The van der Waals surface area contributed by atoms with Gasteiger partial charge in [0.2, 0.25) is 5.72 Å². The number of hydrogen-bond donors (Lipinski definition) is 0. The van der Waals surface area contributed by atoms with Gasteiger partial charge in [0.25, 0.3) is 5.56 Å². The van der Waals surface area contributed by atoms with Crippen LogP contribution in [0.15, 0.2) is 88.6 Å². The fourth-order valence-electron chi connectivity index (χ4n) is 5.11. The van der Waals surface area contributed by atoms with Crippen molar-refractivity contribution >= 4 is 23.2 Å². The van der Waals surface area contributed by atoms with E-state index in [4.69, 9.17) is 14.5 Å². The van der Waals surface area contributed by atoms with Crippen molar-refractivity contribution in [3.63, 3.8) is 0 Å². The van der Waals surface area contributed by atoms with Gasteiger partial charge in [0, 0.05) is 5.56 Å². The number of carbonyl (C=O) groups excluding carboxylic acids is 1. The zero-order valence-electron chi connectivity index (χ0n) is 19.9. The molecule has 3 heterocycles. The third-order valence-electron chi connectivity index (χ3n) is 6.74. The van der Waals surface area contributed by atoms with E-state index in [0.29, 0.717) is 21.7 Å². The highest BCUT2D eigenvalue weighted by molar-refractivity contribution is 7.07. The molecule has 0 N–H and O–H groups in total. The van der Waals surface area contributed by atoms with E-state index in [1.54, 1.807) is 11.5 Å². The van der Waals surface area contributed by atoms with E-state index in [-0.39, 0.29) is 11.3 Å². The van der Waals surface area contributed by atoms with Crippen LogP contribution >= 0.6 is 11.3 Å². The number of fused-ring (bicyclic) bond motifs is 6. The molecule has 2 aliphatic rings. The molecule has 7 heteroatoms. The highest BCUT2D eigenvalue weighted by Crippen LogP contribution is 2.47. The summed E-state index contributed by atoms with van der Waals surface area (Å²) in [5, 5.41) is 0. The van der Waals surface area contributed by atoms with Crippen molar-refractivity contribution in [2.45, 2.75) is 32.2 Å². The number of thiazole rings is 1. The molecule has 36 heavy (non-hydrogen) atoms. The van der Waals surface area contributed by atoms with Crippen LogP contribution in [0.1, 0.15) is 36.6 Å². The maximum atomic E-state index is 13.6. The normalized spacial score (nSPS) is 22.1. The van der Waals surface area contributed by atoms with Crippen molar-refractivity contribution in [2.24, 2.45) is 10.9 Å². The molecule has 2 bridgehead atoms. The standard InChI is InChI=1S/C29H24N2O4S/c1-18(32)25-26-22-10-6-7-11-23(22)35-29(25,2)30-28-31(26)27(33)24(36-28)16-19-12-14-21(15-13-19)34-17-20-8-4-3-5-9-20/h3-16,25-26H,17H2,1-2H3. The van der Waals surface area contributed by atoms with Crippen LogP contribution < -0.4 is 24.4 Å². The minimum Gasteiger partial charge on any atom is -0.489 e. The SMILES string of the molecule is CC(=O)C1C2c3ccccc3OC1(C)N=c1sc(=Cc3ccc(OCc4ccccc4)cc3)c(=O)n12. The summed E-state index contributed by atoms with van der Waals surface area (Å²) in [6.45, 7) is 3.86. The minimum absolute atomic E-state index is 0.0545. The molecule has 4 aromatic rings. The molecule has 0 spiro atoms. The van der Waals surface area contributed by atoms with Crippen molar-refractivity contribution in [2.75, 3.05) is 0 Å². The van der Waals surface area contributed by atoms with E-state index < -0.39 is 17.7 Å². The summed E-state index contributed by atoms with van der Waals surface area (Å²) in [5.41, 5.74) is 1.60. The van der Waals surface area contributed by atoms with Gasteiger partial charge in [0.15, 0.2) is 4.80 Å². The van der Waals surface area contributed by atoms with Crippen molar-refractivity contribution in [3.05, 3.63) is 115 Å². The molecular weight excluding hydrogens is 472 g/mol. The first-order chi connectivity index (χ1) is 17.4. The molecule has 0 saturated carbocycles. The second-order valence-corrected chi connectivity index (χ2v) is 10.3. The van der Waals surface area contributed by atoms with Crippen molar-refractivity contribution in [3.8, 4) is 11.5 Å². The number of ether oxygens (including phenoxy) is 2. The molecule has 0 radical (unpaired) electrons. The second-order valence-electron chi connectivity index (χ2n) is 9.25. The molecule has 3 aromatic carbocycles. The Morgan fingerprint density at radius 2 is 1.81 bits per heavy atom. The molecule has 6 rings (SSSR count). The summed E-state index contributed by atoms with van der Waals surface area (Å²) in [6, 6.07) is 24.8. The summed E-state index contributed by atoms with van der Waals surface area (Å²) < 4.78 is 14.3. The average molecular weight is 497 g/mol. The molecule has 180 valence electrons. The Hall–Kier alpha value is -3.97. The smallest absolute Gasteiger partial charge is 0.270 e. The van der Waals surface area contributed by atoms with Gasteiger partial charge in [-0.1, -0.05) is 72.0 Å². The molecule has 1 aromatic heterocycles. The average Bonchev–Trinajstić information content (AvgIpc) is 3.16. The zero-order valence-corrected chi connectivity index (χ0v) is 20.7. The first-order valence-electron chi connectivity index (χ1n) is 11.8. The Labute approximate surface area is 211 Å². The molecular formula is C29H24N2O4S. The summed E-state index contributed by atoms with van der Waals surface area (Å²) in [4.78, 5) is 31.7. The van der Waals surface area contributed by atoms with Gasteiger partial charge in [0.05, 0.1) is 10.6 Å². The summed E-state index contributed by atoms with van der Waals surface area (Å²) >= 11 is 1.32. The number of Topliss-reactive ketones (excluding diaryl/α,β-unsaturated/α-hetero) is 1. The van der Waals surface area contributed by atoms with Gasteiger partial charge in [-0.2, -0.15) is 0 Å². The topological polar surface area (TPSA) is 69.9 Å². The fraction of sp³-hybridized carbons (Fsp3) is 0.207. The Morgan fingerprint density at radius 1 is 1.08 bits per heavy atom. The van der Waals surface area contributed by atoms with Gasteiger partial charge in [-0.15, -0.1) is 0 Å². The van der Waals surface area contributed by atoms with Gasteiger partial charge in [-0.05, 0) is 49.2 Å². The third kappa shape index (κ3) is 3.76. The van der Waals surface area contributed by atoms with E-state index in [2.05, 4.69) is 0 Å². The van der Waals surface area contributed by atoms with E-state index in [1.165, 1.54) is 11.3 Å². The number of benzene rings is 3. The van der Waals surface area contributed by atoms with Crippen LogP contribution in [0.5, 0.6) is 11.5 Å². The van der Waals surface area contributed by atoms with Crippen LogP contribution in [0.4, 0.5) is 0 Å². The van der Waals surface area contributed by atoms with Crippen molar-refractivity contribution < 1.29 is 14.3 Å². The van der Waals surface area contributed by atoms with Crippen LogP contribution in [0.25, 0.3) is 6.08 Å². The quantitative estimate of drug-likeness (QED) is 0.421. The lowest BCUT2D eigenvalue weighted by Crippen LogP contribution is -2.58. The maximum Gasteiger partial charge on any atom is 0.270 e. The zero-order chi connectivity index (χ0) is 24.9. The minimum atomic E-state index is -1.06. The number of hydrogen-bond acceptors (Lipinski definition) is 6. The number of carbonyl (C=O) groups is 1. The maximum absolute atomic E-state index is 13.6. The van der Waals surface area contributed by atoms with Crippen LogP contribution in [0.3, 0.4) is 0 Å². The van der Waals surface area contributed by atoms with Gasteiger partial charge in [0.1, 0.15) is 29.8 Å². The van der Waals surface area contributed by atoms with Gasteiger partial charge in [-0.3, -0.25) is 14.2 Å². The highest BCUT2D eigenvalue weighted by atomic mass is 32.1. The predicted octanol–water partition coefficient (Wildman–Crippen LogP) is 3.85. The van der Waals surface area contributed by atoms with Crippen molar-refractivity contribution in [1.82, 2.24) is 4.57 Å². The number of ketones is 1. The van der Waals surface area contributed by atoms with Crippen LogP contribution in [-0.4, -0.2) is 16.1 Å². The molecule has 0 aliphatic carbocycles. The second kappa shape index (κ2) is 8.60. The number of rotatable bonds is 5. The molecule has 2 aliphatic heterocycles. The van der Waals surface area contributed by atoms with Gasteiger partial charge >= 0.3 is 0 Å². The summed E-state index contributed by atoms with van der Waals surface area (Å²) in [7, 11) is 0. The van der Waals surface area contributed by atoms with E-state index in [1.807, 2.05) is 91.9 Å². The fourth-order valence-corrected chi connectivity index (χ4v) is 6.21. The Bertz CT molecular complexity index is 1640. The van der Waals surface area contributed by atoms with Crippen LogP contribution in [0, 0.1) is 5.92 Å². The van der Waals surface area contributed by atoms with Crippen molar-refractivity contribution in [1.29, 1.82) is 0 Å². The summed E-state index contributed by atoms with van der Waals surface area (Å²) in [5.74, 6) is 0.779. The third-order valence-corrected chi connectivity index (χ3v) is 7.73. The summed E-state index contributed by atoms with van der Waals surface area (Å²) in [6.07, 6.45) is 1.86. The molecule has 0 amide bonds. The Balaban J connectivity index is 1.38. The lowest BCUT2D eigenvalue weighted by atomic mass is 9.79. The lowest BCUT2D eigenvalue weighted by molar-refractivity contribution is -0.132. The highest BCUT2D eigenvalue weighted by Gasteiger charge is 2.53. The monoisotopic (exact) mass is 496 g/mol. The molecule has 0 fully saturated rings. The molecule has 3 unspecified atom stereocenters. The largest absolute Gasteiger partial charge is 0.489 e. The first-order valence-corrected chi connectivity index (χ1v) is 12.6. The first kappa shape index (κ1) is 22.5. The lowest BCUT2D eigenvalue weighted by Gasteiger charge is -2.45. The molecule has 6 nitrogen and oxygen atoms in total. The number of aromatic nitrogens is 1. The van der Waals surface area contributed by atoms with Gasteiger partial charge < -0.3 is 9.47 Å². The van der Waals surface area contributed by atoms with E-state index in [9.17, 15) is 9.59 Å². The number of para-hydroxylation sites is 1. The van der Waals surface area contributed by atoms with E-state index in [0.717, 1.165) is 22.4 Å². The molecule has 3 atom stereocenters. The number of nitrogens with zero attached hydrogens (tertiary/aromatic N) is 2. The van der Waals surface area contributed by atoms with Crippen LogP contribution in [-0.2, 0) is 11.4 Å². The van der Waals surface area contributed by atoms with Gasteiger partial charge in [-0.25, -0.2) is 4.99 Å². The van der Waals surface area contributed by atoms with E-state index >= 15 is 0 Å². The van der Waals surface area contributed by atoms with Crippen LogP contribution in [0.2, 0.25) is 0 Å².